The van der Waals surface area contributed by atoms with Crippen molar-refractivity contribution < 1.29 is 4.92 Å². The quantitative estimate of drug-likeness (QED) is 0.609. The summed E-state index contributed by atoms with van der Waals surface area (Å²) in [5.41, 5.74) is 1.80. The van der Waals surface area contributed by atoms with Gasteiger partial charge in [0, 0.05) is 36.1 Å². The Bertz CT molecular complexity index is 476. The highest BCUT2D eigenvalue weighted by Crippen LogP contribution is 2.30. The molecule has 5 heteroatoms. The molecule has 1 aromatic carbocycles. The van der Waals surface area contributed by atoms with E-state index >= 15 is 0 Å². The van der Waals surface area contributed by atoms with E-state index in [9.17, 15) is 10.1 Å². The minimum Gasteiger partial charge on any atom is -0.385 e. The third-order valence-corrected chi connectivity index (χ3v) is 3.92. The Hall–Kier alpha value is -1.78. The molecule has 2 unspecified atom stereocenters. The number of benzene rings is 1. The zero-order chi connectivity index (χ0) is 14.5. The zero-order valence-corrected chi connectivity index (χ0v) is 12.2. The van der Waals surface area contributed by atoms with Crippen molar-refractivity contribution in [2.75, 3.05) is 17.2 Å². The Morgan fingerprint density at radius 2 is 2.05 bits per heavy atom. The molecule has 1 aliphatic carbocycles. The highest BCUT2D eigenvalue weighted by Gasteiger charge is 2.23. The first-order chi connectivity index (χ1) is 9.60. The van der Waals surface area contributed by atoms with Crippen molar-refractivity contribution in [1.29, 1.82) is 0 Å². The van der Waals surface area contributed by atoms with E-state index in [4.69, 9.17) is 0 Å². The summed E-state index contributed by atoms with van der Waals surface area (Å²) in [6, 6.07) is 5.62. The SMILES string of the molecule is CCCNc1cc(NC2CCCC2C)cc([N+](=O)[O-])c1. The lowest BCUT2D eigenvalue weighted by atomic mass is 10.1. The molecule has 0 saturated heterocycles. The number of nitrogens with one attached hydrogen (secondary N) is 2. The highest BCUT2D eigenvalue weighted by molar-refractivity contribution is 5.63. The molecule has 110 valence electrons. The normalized spacial score (nSPS) is 21.7. The Balaban J connectivity index is 2.17. The second-order valence-electron chi connectivity index (χ2n) is 5.61. The van der Waals surface area contributed by atoms with Crippen molar-refractivity contribution in [2.45, 2.75) is 45.6 Å². The van der Waals surface area contributed by atoms with Gasteiger partial charge < -0.3 is 10.6 Å². The third kappa shape index (κ3) is 3.62. The van der Waals surface area contributed by atoms with Crippen LogP contribution in [-0.4, -0.2) is 17.5 Å². The summed E-state index contributed by atoms with van der Waals surface area (Å²) in [7, 11) is 0. The fourth-order valence-electron chi connectivity index (χ4n) is 2.75. The minimum atomic E-state index is -0.333. The summed E-state index contributed by atoms with van der Waals surface area (Å²) in [6.45, 7) is 5.13. The predicted molar refractivity (Wildman–Crippen MR) is 82.3 cm³/mol. The largest absolute Gasteiger partial charge is 0.385 e. The van der Waals surface area contributed by atoms with Crippen LogP contribution in [0.4, 0.5) is 17.1 Å². The van der Waals surface area contributed by atoms with Crippen molar-refractivity contribution in [3.8, 4) is 0 Å². The van der Waals surface area contributed by atoms with Crippen LogP contribution in [0.25, 0.3) is 0 Å². The van der Waals surface area contributed by atoms with Gasteiger partial charge in [-0.2, -0.15) is 0 Å². The molecule has 5 nitrogen and oxygen atoms in total. The summed E-state index contributed by atoms with van der Waals surface area (Å²) < 4.78 is 0. The van der Waals surface area contributed by atoms with E-state index in [1.165, 1.54) is 12.8 Å². The topological polar surface area (TPSA) is 67.2 Å². The van der Waals surface area contributed by atoms with E-state index in [1.807, 2.05) is 6.07 Å². The summed E-state index contributed by atoms with van der Waals surface area (Å²) >= 11 is 0. The molecule has 1 saturated carbocycles. The van der Waals surface area contributed by atoms with Gasteiger partial charge in [-0.3, -0.25) is 10.1 Å². The molecule has 1 fully saturated rings. The van der Waals surface area contributed by atoms with Gasteiger partial charge in [-0.1, -0.05) is 20.3 Å². The Morgan fingerprint density at radius 1 is 1.30 bits per heavy atom. The summed E-state index contributed by atoms with van der Waals surface area (Å²) in [5.74, 6) is 0.626. The number of rotatable bonds is 6. The van der Waals surface area contributed by atoms with Gasteiger partial charge in [0.1, 0.15) is 0 Å². The van der Waals surface area contributed by atoms with Gasteiger partial charge in [0.15, 0.2) is 0 Å². The Kier molecular flexibility index (Phi) is 4.82. The molecule has 2 rings (SSSR count). The maximum atomic E-state index is 11.0. The minimum absolute atomic E-state index is 0.138. The van der Waals surface area contributed by atoms with Crippen LogP contribution >= 0.6 is 0 Å². The van der Waals surface area contributed by atoms with Gasteiger partial charge in [0.25, 0.3) is 5.69 Å². The average molecular weight is 277 g/mol. The molecule has 0 radical (unpaired) electrons. The fraction of sp³-hybridized carbons (Fsp3) is 0.600. The van der Waals surface area contributed by atoms with E-state index in [1.54, 1.807) is 12.1 Å². The lowest BCUT2D eigenvalue weighted by Crippen LogP contribution is -2.21. The molecule has 0 bridgehead atoms. The van der Waals surface area contributed by atoms with Crippen molar-refractivity contribution in [3.63, 3.8) is 0 Å². The Labute approximate surface area is 119 Å². The molecule has 2 atom stereocenters. The summed E-state index contributed by atoms with van der Waals surface area (Å²) in [5, 5.41) is 17.7. The van der Waals surface area contributed by atoms with E-state index in [-0.39, 0.29) is 10.6 Å². The number of nitrogens with zero attached hydrogens (tertiary/aromatic N) is 1. The molecule has 20 heavy (non-hydrogen) atoms. The van der Waals surface area contributed by atoms with Crippen LogP contribution in [0.3, 0.4) is 0 Å². The van der Waals surface area contributed by atoms with Crippen LogP contribution in [0.5, 0.6) is 0 Å². The van der Waals surface area contributed by atoms with Gasteiger partial charge >= 0.3 is 0 Å². The highest BCUT2D eigenvalue weighted by atomic mass is 16.6. The van der Waals surface area contributed by atoms with Gasteiger partial charge in [-0.15, -0.1) is 0 Å². The second kappa shape index (κ2) is 6.59. The number of nitro benzene ring substituents is 1. The van der Waals surface area contributed by atoms with Crippen molar-refractivity contribution in [2.24, 2.45) is 5.92 Å². The molecule has 0 spiro atoms. The predicted octanol–water partition coefficient (Wildman–Crippen LogP) is 4.02. The average Bonchev–Trinajstić information content (AvgIpc) is 2.81. The van der Waals surface area contributed by atoms with E-state index in [2.05, 4.69) is 24.5 Å². The first-order valence-corrected chi connectivity index (χ1v) is 7.40. The van der Waals surface area contributed by atoms with Crippen molar-refractivity contribution in [3.05, 3.63) is 28.3 Å². The van der Waals surface area contributed by atoms with Crippen LogP contribution in [0.15, 0.2) is 18.2 Å². The van der Waals surface area contributed by atoms with Gasteiger partial charge in [0.2, 0.25) is 0 Å². The third-order valence-electron chi connectivity index (χ3n) is 3.92. The summed E-state index contributed by atoms with van der Waals surface area (Å²) in [6.07, 6.45) is 4.59. The number of hydrogen-bond acceptors (Lipinski definition) is 4. The van der Waals surface area contributed by atoms with Crippen LogP contribution in [0, 0.1) is 16.0 Å². The van der Waals surface area contributed by atoms with E-state index in [0.717, 1.165) is 30.8 Å². The van der Waals surface area contributed by atoms with Gasteiger partial charge in [-0.25, -0.2) is 0 Å². The first kappa shape index (κ1) is 14.6. The monoisotopic (exact) mass is 277 g/mol. The number of non-ortho nitro benzene ring substituents is 1. The van der Waals surface area contributed by atoms with Crippen LogP contribution in [0.1, 0.15) is 39.5 Å². The molecule has 0 amide bonds. The van der Waals surface area contributed by atoms with E-state index < -0.39 is 0 Å². The van der Waals surface area contributed by atoms with Crippen molar-refractivity contribution >= 4 is 17.1 Å². The molecule has 0 heterocycles. The molecule has 0 aliphatic heterocycles. The second-order valence-corrected chi connectivity index (χ2v) is 5.61. The summed E-state index contributed by atoms with van der Waals surface area (Å²) in [4.78, 5) is 10.7. The van der Waals surface area contributed by atoms with Gasteiger partial charge in [0.05, 0.1) is 4.92 Å². The lowest BCUT2D eigenvalue weighted by Gasteiger charge is -2.19. The molecule has 1 aliphatic rings. The number of nitro groups is 1. The number of hydrogen-bond donors (Lipinski definition) is 2. The Morgan fingerprint density at radius 3 is 2.65 bits per heavy atom. The maximum Gasteiger partial charge on any atom is 0.273 e. The molecular formula is C15H23N3O2. The standard InChI is InChI=1S/C15H23N3O2/c1-3-7-16-12-8-13(10-14(9-12)18(19)20)17-15-6-4-5-11(15)2/h8-11,15-17H,3-7H2,1-2H3. The van der Waals surface area contributed by atoms with Crippen LogP contribution in [0.2, 0.25) is 0 Å². The smallest absolute Gasteiger partial charge is 0.273 e. The lowest BCUT2D eigenvalue weighted by molar-refractivity contribution is -0.384. The fourth-order valence-corrected chi connectivity index (χ4v) is 2.75. The molecule has 2 N–H and O–H groups in total. The van der Waals surface area contributed by atoms with Crippen LogP contribution < -0.4 is 10.6 Å². The zero-order valence-electron chi connectivity index (χ0n) is 12.2. The van der Waals surface area contributed by atoms with Crippen molar-refractivity contribution in [1.82, 2.24) is 0 Å². The van der Waals surface area contributed by atoms with Gasteiger partial charge in [-0.05, 0) is 31.2 Å². The first-order valence-electron chi connectivity index (χ1n) is 7.40. The molecule has 1 aromatic rings. The maximum absolute atomic E-state index is 11.0. The van der Waals surface area contributed by atoms with E-state index in [0.29, 0.717) is 12.0 Å². The molecular weight excluding hydrogens is 254 g/mol. The molecule has 0 aromatic heterocycles. The number of anilines is 2. The van der Waals surface area contributed by atoms with Crippen LogP contribution in [-0.2, 0) is 0 Å².